The fourth-order valence-electron chi connectivity index (χ4n) is 2.00. The summed E-state index contributed by atoms with van der Waals surface area (Å²) in [6, 6.07) is 4.79. The fraction of sp³-hybridized carbons (Fsp3) is 0.467. The Morgan fingerprint density at radius 1 is 1.24 bits per heavy atom. The van der Waals surface area contributed by atoms with Crippen LogP contribution in [0.2, 0.25) is 0 Å². The number of hydrogen-bond acceptors (Lipinski definition) is 4. The van der Waals surface area contributed by atoms with Crippen LogP contribution in [0.4, 0.5) is 0 Å². The molecule has 0 saturated heterocycles. The van der Waals surface area contributed by atoms with Crippen molar-refractivity contribution in [3.8, 4) is 11.5 Å². The van der Waals surface area contributed by atoms with E-state index in [9.17, 15) is 9.59 Å². The highest BCUT2D eigenvalue weighted by Gasteiger charge is 2.28. The summed E-state index contributed by atoms with van der Waals surface area (Å²) in [4.78, 5) is 25.1. The Balaban J connectivity index is 3.28. The summed E-state index contributed by atoms with van der Waals surface area (Å²) < 4.78 is 10.4. The quantitative estimate of drug-likeness (QED) is 0.833. The Labute approximate surface area is 124 Å². The molecule has 0 saturated carbocycles. The second kappa shape index (κ2) is 7.52. The molecule has 0 heterocycles. The van der Waals surface area contributed by atoms with E-state index in [2.05, 4.69) is 0 Å². The van der Waals surface area contributed by atoms with Gasteiger partial charge in [-0.05, 0) is 25.5 Å². The molecule has 1 unspecified atom stereocenters. The number of ether oxygens (including phenoxy) is 2. The number of carboxylic acid groups (broad SMARTS) is 1. The van der Waals surface area contributed by atoms with Gasteiger partial charge in [0.05, 0.1) is 14.2 Å². The van der Waals surface area contributed by atoms with Crippen molar-refractivity contribution >= 4 is 11.9 Å². The minimum atomic E-state index is -1.06. The number of nitrogens with zero attached hydrogens (tertiary/aromatic N) is 1. The molecule has 116 valence electrons. The van der Waals surface area contributed by atoms with Crippen molar-refractivity contribution in [3.05, 3.63) is 23.8 Å². The van der Waals surface area contributed by atoms with Crippen LogP contribution >= 0.6 is 0 Å². The lowest BCUT2D eigenvalue weighted by atomic mass is 10.1. The average Bonchev–Trinajstić information content (AvgIpc) is 2.49. The number of amides is 1. The minimum Gasteiger partial charge on any atom is -0.496 e. The van der Waals surface area contributed by atoms with Gasteiger partial charge in [0, 0.05) is 6.04 Å². The number of methoxy groups -OCH3 is 2. The van der Waals surface area contributed by atoms with E-state index in [-0.39, 0.29) is 18.2 Å². The van der Waals surface area contributed by atoms with Crippen LogP contribution in [-0.4, -0.2) is 48.7 Å². The van der Waals surface area contributed by atoms with Gasteiger partial charge in [0.25, 0.3) is 5.91 Å². The van der Waals surface area contributed by atoms with Gasteiger partial charge in [0.15, 0.2) is 0 Å². The first-order valence-corrected chi connectivity index (χ1v) is 6.69. The van der Waals surface area contributed by atoms with E-state index in [1.165, 1.54) is 19.1 Å². The summed E-state index contributed by atoms with van der Waals surface area (Å²) >= 11 is 0. The highest BCUT2D eigenvalue weighted by molar-refractivity contribution is 6.01. The zero-order valence-corrected chi connectivity index (χ0v) is 12.8. The molecule has 0 spiro atoms. The SMILES string of the molecule is CCC(C)N(CC(=O)O)C(=O)c1c(OC)cccc1OC. The van der Waals surface area contributed by atoms with Gasteiger partial charge in [-0.25, -0.2) is 0 Å². The normalized spacial score (nSPS) is 11.6. The van der Waals surface area contributed by atoms with Crippen LogP contribution in [-0.2, 0) is 4.79 Å². The van der Waals surface area contributed by atoms with Gasteiger partial charge in [-0.3, -0.25) is 9.59 Å². The predicted octanol–water partition coefficient (Wildman–Crippen LogP) is 2.03. The Morgan fingerprint density at radius 3 is 2.14 bits per heavy atom. The predicted molar refractivity (Wildman–Crippen MR) is 78.0 cm³/mol. The maximum absolute atomic E-state index is 12.7. The summed E-state index contributed by atoms with van der Waals surface area (Å²) in [6.07, 6.45) is 0.649. The molecule has 0 aromatic heterocycles. The number of benzene rings is 1. The van der Waals surface area contributed by atoms with E-state index in [1.807, 2.05) is 13.8 Å². The lowest BCUT2D eigenvalue weighted by molar-refractivity contribution is -0.138. The van der Waals surface area contributed by atoms with E-state index in [4.69, 9.17) is 14.6 Å². The Kier molecular flexibility index (Phi) is 6.02. The number of carbonyl (C=O) groups is 2. The Bertz CT molecular complexity index is 493. The molecule has 6 heteroatoms. The van der Waals surface area contributed by atoms with Gasteiger partial charge in [-0.2, -0.15) is 0 Å². The topological polar surface area (TPSA) is 76.1 Å². The molecule has 0 aliphatic heterocycles. The molecule has 0 aliphatic rings. The van der Waals surface area contributed by atoms with Gasteiger partial charge in [0.2, 0.25) is 0 Å². The van der Waals surface area contributed by atoms with Crippen LogP contribution in [0, 0.1) is 0 Å². The Morgan fingerprint density at radius 2 is 1.76 bits per heavy atom. The van der Waals surface area contributed by atoms with Gasteiger partial charge in [0.1, 0.15) is 23.6 Å². The van der Waals surface area contributed by atoms with Gasteiger partial charge >= 0.3 is 5.97 Å². The average molecular weight is 295 g/mol. The summed E-state index contributed by atoms with van der Waals surface area (Å²) in [5, 5.41) is 9.02. The minimum absolute atomic E-state index is 0.205. The second-order valence-electron chi connectivity index (χ2n) is 4.62. The molecule has 1 N–H and O–H groups in total. The number of carboxylic acids is 1. The monoisotopic (exact) mass is 295 g/mol. The van der Waals surface area contributed by atoms with Gasteiger partial charge in [-0.15, -0.1) is 0 Å². The second-order valence-corrected chi connectivity index (χ2v) is 4.62. The molecule has 21 heavy (non-hydrogen) atoms. The van der Waals surface area contributed by atoms with Crippen molar-refractivity contribution in [3.63, 3.8) is 0 Å². The smallest absolute Gasteiger partial charge is 0.323 e. The molecule has 1 atom stereocenters. The molecular formula is C15H21NO5. The van der Waals surface area contributed by atoms with Crippen molar-refractivity contribution < 1.29 is 24.2 Å². The van der Waals surface area contributed by atoms with E-state index < -0.39 is 11.9 Å². The van der Waals surface area contributed by atoms with Crippen LogP contribution in [0.25, 0.3) is 0 Å². The van der Waals surface area contributed by atoms with Crippen molar-refractivity contribution in [2.24, 2.45) is 0 Å². The largest absolute Gasteiger partial charge is 0.496 e. The lowest BCUT2D eigenvalue weighted by Crippen LogP contribution is -2.42. The molecule has 1 aromatic carbocycles. The van der Waals surface area contributed by atoms with Crippen LogP contribution in [0.15, 0.2) is 18.2 Å². The van der Waals surface area contributed by atoms with E-state index >= 15 is 0 Å². The van der Waals surface area contributed by atoms with Crippen molar-refractivity contribution in [2.45, 2.75) is 26.3 Å². The number of hydrogen-bond donors (Lipinski definition) is 1. The van der Waals surface area contributed by atoms with Crippen molar-refractivity contribution in [1.29, 1.82) is 0 Å². The van der Waals surface area contributed by atoms with Crippen LogP contribution in [0.3, 0.4) is 0 Å². The maximum atomic E-state index is 12.7. The van der Waals surface area contributed by atoms with E-state index in [1.54, 1.807) is 18.2 Å². The van der Waals surface area contributed by atoms with Crippen LogP contribution in [0.1, 0.15) is 30.6 Å². The number of rotatable bonds is 7. The van der Waals surface area contributed by atoms with Gasteiger partial charge < -0.3 is 19.5 Å². The molecule has 0 aliphatic carbocycles. The molecule has 6 nitrogen and oxygen atoms in total. The summed E-state index contributed by atoms with van der Waals surface area (Å²) in [5.41, 5.74) is 0.240. The van der Waals surface area contributed by atoms with Crippen molar-refractivity contribution in [1.82, 2.24) is 4.90 Å². The lowest BCUT2D eigenvalue weighted by Gasteiger charge is -2.28. The third-order valence-electron chi connectivity index (χ3n) is 3.33. The summed E-state index contributed by atoms with van der Waals surface area (Å²) in [7, 11) is 2.91. The van der Waals surface area contributed by atoms with Crippen molar-refractivity contribution in [2.75, 3.05) is 20.8 Å². The highest BCUT2D eigenvalue weighted by Crippen LogP contribution is 2.30. The third-order valence-corrected chi connectivity index (χ3v) is 3.33. The van der Waals surface area contributed by atoms with E-state index in [0.717, 1.165) is 0 Å². The van der Waals surface area contributed by atoms with Gasteiger partial charge in [-0.1, -0.05) is 13.0 Å². The molecule has 0 bridgehead atoms. The zero-order valence-electron chi connectivity index (χ0n) is 12.8. The fourth-order valence-corrected chi connectivity index (χ4v) is 2.00. The zero-order chi connectivity index (χ0) is 16.0. The maximum Gasteiger partial charge on any atom is 0.323 e. The molecule has 1 aromatic rings. The molecule has 1 rings (SSSR count). The first-order valence-electron chi connectivity index (χ1n) is 6.69. The summed E-state index contributed by atoms with van der Waals surface area (Å²) in [5.74, 6) is -0.755. The number of carbonyl (C=O) groups excluding carboxylic acids is 1. The highest BCUT2D eigenvalue weighted by atomic mass is 16.5. The molecule has 0 radical (unpaired) electrons. The Hall–Kier alpha value is -2.24. The standard InChI is InChI=1S/C15H21NO5/c1-5-10(2)16(9-13(17)18)15(19)14-11(20-3)7-6-8-12(14)21-4/h6-8,10H,5,9H2,1-4H3,(H,17,18). The summed E-state index contributed by atoms with van der Waals surface area (Å²) in [6.45, 7) is 3.34. The molecule has 1 amide bonds. The first-order chi connectivity index (χ1) is 9.96. The molecular weight excluding hydrogens is 274 g/mol. The van der Waals surface area contributed by atoms with Crippen LogP contribution < -0.4 is 9.47 Å². The third kappa shape index (κ3) is 3.87. The molecule has 0 fully saturated rings. The number of aliphatic carboxylic acids is 1. The van der Waals surface area contributed by atoms with Crippen LogP contribution in [0.5, 0.6) is 11.5 Å². The van der Waals surface area contributed by atoms with E-state index in [0.29, 0.717) is 17.9 Å². The first kappa shape index (κ1) is 16.8.